The number of aromatic amines is 1. The number of aromatic nitrogens is 6. The summed E-state index contributed by atoms with van der Waals surface area (Å²) in [4.78, 5) is 21.0. The number of rotatable bonds is 6. The van der Waals surface area contributed by atoms with Gasteiger partial charge in [0.2, 0.25) is 0 Å². The highest BCUT2D eigenvalue weighted by Gasteiger charge is 2.17. The zero-order chi connectivity index (χ0) is 21.9. The van der Waals surface area contributed by atoms with Gasteiger partial charge < -0.3 is 5.32 Å². The van der Waals surface area contributed by atoms with Crippen LogP contribution in [0, 0.1) is 0 Å². The molecule has 3 aromatic heterocycles. The molecular formula is C24H21N7O. The second-order valence-electron chi connectivity index (χ2n) is 7.46. The van der Waals surface area contributed by atoms with Crippen LogP contribution in [0.5, 0.6) is 0 Å². The molecule has 0 saturated heterocycles. The van der Waals surface area contributed by atoms with Crippen molar-refractivity contribution in [1.29, 1.82) is 0 Å². The number of carbonyl (C=O) groups is 1. The molecule has 0 radical (unpaired) electrons. The zero-order valence-electron chi connectivity index (χ0n) is 17.4. The second-order valence-corrected chi connectivity index (χ2v) is 7.46. The Balaban J connectivity index is 1.36. The lowest BCUT2D eigenvalue weighted by Crippen LogP contribution is -2.13. The smallest absolute Gasteiger partial charge is 0.276 e. The van der Waals surface area contributed by atoms with Gasteiger partial charge in [0.05, 0.1) is 23.4 Å². The molecule has 8 heteroatoms. The average molecular weight is 423 g/mol. The Labute approximate surface area is 184 Å². The monoisotopic (exact) mass is 423 g/mol. The van der Waals surface area contributed by atoms with Crippen molar-refractivity contribution in [2.24, 2.45) is 0 Å². The van der Waals surface area contributed by atoms with E-state index in [1.165, 1.54) is 11.9 Å². The Morgan fingerprint density at radius 1 is 1.06 bits per heavy atom. The number of H-pyrrole nitrogens is 1. The van der Waals surface area contributed by atoms with E-state index in [1.54, 1.807) is 18.6 Å². The van der Waals surface area contributed by atoms with E-state index in [2.05, 4.69) is 49.6 Å². The van der Waals surface area contributed by atoms with Crippen molar-refractivity contribution in [3.05, 3.63) is 90.9 Å². The number of hydrogen-bond donors (Lipinski definition) is 2. The molecule has 0 aliphatic rings. The standard InChI is InChI=1S/C24H21N7O/c1-2-22(16-6-4-3-5-7-16)31-14-19(13-27-31)28-24(32)23-20-9-8-17(10-21(20)29-30-23)18-11-25-15-26-12-18/h3-15,22H,2H2,1H3,(H,28,32)(H,29,30)/t22-/m0/s1. The van der Waals surface area contributed by atoms with Crippen LogP contribution in [0.2, 0.25) is 0 Å². The number of nitrogens with zero attached hydrogens (tertiary/aromatic N) is 5. The number of carbonyl (C=O) groups excluding carboxylic acids is 1. The van der Waals surface area contributed by atoms with E-state index in [4.69, 9.17) is 0 Å². The first-order valence-corrected chi connectivity index (χ1v) is 10.4. The van der Waals surface area contributed by atoms with Crippen molar-refractivity contribution in [2.75, 3.05) is 5.32 Å². The molecule has 0 saturated carbocycles. The summed E-state index contributed by atoms with van der Waals surface area (Å²) >= 11 is 0. The maximum atomic E-state index is 12.9. The van der Waals surface area contributed by atoms with Gasteiger partial charge in [0.15, 0.2) is 5.69 Å². The molecule has 0 fully saturated rings. The summed E-state index contributed by atoms with van der Waals surface area (Å²) in [5.74, 6) is -0.292. The lowest BCUT2D eigenvalue weighted by molar-refractivity contribution is 0.102. The minimum atomic E-state index is -0.292. The second kappa shape index (κ2) is 8.43. The Kier molecular flexibility index (Phi) is 5.17. The van der Waals surface area contributed by atoms with Gasteiger partial charge in [0.25, 0.3) is 5.91 Å². The molecule has 0 bridgehead atoms. The maximum absolute atomic E-state index is 12.9. The third kappa shape index (κ3) is 3.74. The van der Waals surface area contributed by atoms with Crippen molar-refractivity contribution in [2.45, 2.75) is 19.4 Å². The molecule has 5 aromatic rings. The van der Waals surface area contributed by atoms with Crippen LogP contribution in [-0.4, -0.2) is 35.9 Å². The number of amides is 1. The molecular weight excluding hydrogens is 402 g/mol. The highest BCUT2D eigenvalue weighted by molar-refractivity contribution is 6.11. The van der Waals surface area contributed by atoms with Crippen LogP contribution in [0.3, 0.4) is 0 Å². The van der Waals surface area contributed by atoms with E-state index in [-0.39, 0.29) is 11.9 Å². The molecule has 2 N–H and O–H groups in total. The largest absolute Gasteiger partial charge is 0.318 e. The van der Waals surface area contributed by atoms with E-state index in [1.807, 2.05) is 47.3 Å². The van der Waals surface area contributed by atoms with Crippen LogP contribution in [-0.2, 0) is 0 Å². The molecule has 3 heterocycles. The van der Waals surface area contributed by atoms with Gasteiger partial charge in [0.1, 0.15) is 6.33 Å². The van der Waals surface area contributed by atoms with Crippen LogP contribution in [0.25, 0.3) is 22.0 Å². The van der Waals surface area contributed by atoms with Crippen molar-refractivity contribution >= 4 is 22.5 Å². The van der Waals surface area contributed by atoms with E-state index in [0.717, 1.165) is 28.5 Å². The molecule has 8 nitrogen and oxygen atoms in total. The van der Waals surface area contributed by atoms with Crippen molar-refractivity contribution in [3.8, 4) is 11.1 Å². The molecule has 158 valence electrons. The van der Waals surface area contributed by atoms with Crippen molar-refractivity contribution < 1.29 is 4.79 Å². The third-order valence-electron chi connectivity index (χ3n) is 5.42. The van der Waals surface area contributed by atoms with Gasteiger partial charge in [-0.25, -0.2) is 9.97 Å². The Morgan fingerprint density at radius 2 is 1.88 bits per heavy atom. The molecule has 0 aliphatic carbocycles. The average Bonchev–Trinajstić information content (AvgIpc) is 3.47. The van der Waals surface area contributed by atoms with Gasteiger partial charge in [-0.2, -0.15) is 10.2 Å². The predicted molar refractivity (Wildman–Crippen MR) is 122 cm³/mol. The lowest BCUT2D eigenvalue weighted by atomic mass is 10.1. The van der Waals surface area contributed by atoms with Gasteiger partial charge >= 0.3 is 0 Å². The SMILES string of the molecule is CC[C@@H](c1ccccc1)n1cc(NC(=O)c2n[nH]c3cc(-c4cncnc4)ccc23)cn1. The van der Waals surface area contributed by atoms with Crippen LogP contribution >= 0.6 is 0 Å². The molecule has 1 amide bonds. The first-order valence-electron chi connectivity index (χ1n) is 10.4. The third-order valence-corrected chi connectivity index (χ3v) is 5.42. The quantitative estimate of drug-likeness (QED) is 0.420. The van der Waals surface area contributed by atoms with E-state index in [9.17, 15) is 4.79 Å². The van der Waals surface area contributed by atoms with Gasteiger partial charge in [-0.05, 0) is 29.7 Å². The number of hydrogen-bond acceptors (Lipinski definition) is 5. The maximum Gasteiger partial charge on any atom is 0.276 e. The fraction of sp³-hybridized carbons (Fsp3) is 0.125. The minimum absolute atomic E-state index is 0.105. The van der Waals surface area contributed by atoms with Gasteiger partial charge in [-0.15, -0.1) is 0 Å². The first-order chi connectivity index (χ1) is 15.7. The fourth-order valence-corrected chi connectivity index (χ4v) is 3.83. The highest BCUT2D eigenvalue weighted by atomic mass is 16.2. The first kappa shape index (κ1) is 19.6. The Bertz CT molecular complexity index is 1360. The summed E-state index contributed by atoms with van der Waals surface area (Å²) in [5.41, 5.74) is 4.74. The lowest BCUT2D eigenvalue weighted by Gasteiger charge is -2.15. The van der Waals surface area contributed by atoms with Crippen molar-refractivity contribution in [3.63, 3.8) is 0 Å². The summed E-state index contributed by atoms with van der Waals surface area (Å²) in [6, 6.07) is 16.0. The molecule has 0 spiro atoms. The molecule has 0 unspecified atom stereocenters. The van der Waals surface area contributed by atoms with Gasteiger partial charge in [0, 0.05) is 29.5 Å². The summed E-state index contributed by atoms with van der Waals surface area (Å²) < 4.78 is 1.88. The normalized spacial score (nSPS) is 12.0. The summed E-state index contributed by atoms with van der Waals surface area (Å²) in [7, 11) is 0. The summed E-state index contributed by atoms with van der Waals surface area (Å²) in [5, 5.41) is 15.3. The van der Waals surface area contributed by atoms with Crippen LogP contribution in [0.4, 0.5) is 5.69 Å². The zero-order valence-corrected chi connectivity index (χ0v) is 17.4. The van der Waals surface area contributed by atoms with Crippen molar-refractivity contribution in [1.82, 2.24) is 29.9 Å². The molecule has 0 aliphatic heterocycles. The number of anilines is 1. The van der Waals surface area contributed by atoms with Crippen LogP contribution in [0.15, 0.2) is 79.6 Å². The Hall–Kier alpha value is -4.33. The number of benzene rings is 2. The predicted octanol–water partition coefficient (Wildman–Crippen LogP) is 4.47. The van der Waals surface area contributed by atoms with E-state index >= 15 is 0 Å². The van der Waals surface area contributed by atoms with E-state index in [0.29, 0.717) is 11.4 Å². The van der Waals surface area contributed by atoms with Gasteiger partial charge in [-0.3, -0.25) is 14.6 Å². The van der Waals surface area contributed by atoms with E-state index < -0.39 is 0 Å². The highest BCUT2D eigenvalue weighted by Crippen LogP contribution is 2.25. The van der Waals surface area contributed by atoms with Gasteiger partial charge in [-0.1, -0.05) is 43.3 Å². The summed E-state index contributed by atoms with van der Waals surface area (Å²) in [6.45, 7) is 2.11. The number of fused-ring (bicyclic) bond motifs is 1. The Morgan fingerprint density at radius 3 is 2.66 bits per heavy atom. The summed E-state index contributed by atoms with van der Waals surface area (Å²) in [6.07, 6.45) is 9.38. The molecule has 32 heavy (non-hydrogen) atoms. The molecule has 2 aromatic carbocycles. The number of nitrogens with one attached hydrogen (secondary N) is 2. The molecule has 5 rings (SSSR count). The molecule has 1 atom stereocenters. The fourth-order valence-electron chi connectivity index (χ4n) is 3.83. The van der Waals surface area contributed by atoms with Crippen LogP contribution < -0.4 is 5.32 Å². The minimum Gasteiger partial charge on any atom is -0.318 e. The van der Waals surface area contributed by atoms with Crippen LogP contribution in [0.1, 0.15) is 35.4 Å². The topological polar surface area (TPSA) is 101 Å².